The molecule has 0 saturated carbocycles. The number of rotatable bonds is 6. The van der Waals surface area contributed by atoms with Crippen LogP contribution in [-0.4, -0.2) is 42.0 Å². The second-order valence-corrected chi connectivity index (χ2v) is 6.25. The van der Waals surface area contributed by atoms with Crippen molar-refractivity contribution in [3.05, 3.63) is 46.6 Å². The highest BCUT2D eigenvalue weighted by Crippen LogP contribution is 2.32. The zero-order chi connectivity index (χ0) is 18.5. The minimum Gasteiger partial charge on any atom is -0.479 e. The fraction of sp³-hybridized carbons (Fsp3) is 0.235. The van der Waals surface area contributed by atoms with Gasteiger partial charge in [0.2, 0.25) is 5.88 Å². The Morgan fingerprint density at radius 3 is 2.77 bits per heavy atom. The Labute approximate surface area is 158 Å². The lowest BCUT2D eigenvalue weighted by atomic mass is 10.1. The number of amides is 2. The van der Waals surface area contributed by atoms with Crippen LogP contribution in [0.1, 0.15) is 11.6 Å². The molecule has 9 heteroatoms. The Balaban J connectivity index is 1.76. The first-order chi connectivity index (χ1) is 12.6. The number of nitrogens with zero attached hydrogens (tertiary/aromatic N) is 2. The number of carbonyl (C=O) groups is 1. The van der Waals surface area contributed by atoms with Crippen LogP contribution in [-0.2, 0) is 4.74 Å². The van der Waals surface area contributed by atoms with Crippen molar-refractivity contribution in [2.45, 2.75) is 6.04 Å². The average molecular weight is 420 g/mol. The largest absolute Gasteiger partial charge is 0.479 e. The van der Waals surface area contributed by atoms with E-state index in [0.717, 1.165) is 5.56 Å². The number of fused-ring (bicyclic) bond motifs is 1. The van der Waals surface area contributed by atoms with Gasteiger partial charge < -0.3 is 14.8 Å². The van der Waals surface area contributed by atoms with Gasteiger partial charge in [0.05, 0.1) is 35.1 Å². The summed E-state index contributed by atoms with van der Waals surface area (Å²) >= 11 is 3.44. The quantitative estimate of drug-likeness (QED) is 0.569. The van der Waals surface area contributed by atoms with Gasteiger partial charge in [0.15, 0.2) is 5.82 Å². The molecule has 0 aliphatic rings. The van der Waals surface area contributed by atoms with Crippen molar-refractivity contribution in [3.8, 4) is 5.88 Å². The first-order valence-electron chi connectivity index (χ1n) is 7.82. The van der Waals surface area contributed by atoms with Crippen LogP contribution >= 0.6 is 15.9 Å². The van der Waals surface area contributed by atoms with E-state index in [9.17, 15) is 4.79 Å². The molecule has 26 heavy (non-hydrogen) atoms. The zero-order valence-corrected chi connectivity index (χ0v) is 15.8. The van der Waals surface area contributed by atoms with Crippen LogP contribution in [0.25, 0.3) is 10.9 Å². The number of methoxy groups -OCH3 is 2. The molecule has 2 amide bonds. The summed E-state index contributed by atoms with van der Waals surface area (Å²) in [4.78, 5) is 16.7. The molecule has 2 aromatic heterocycles. The van der Waals surface area contributed by atoms with Crippen molar-refractivity contribution in [1.82, 2.24) is 20.5 Å². The van der Waals surface area contributed by atoms with Gasteiger partial charge in [0.25, 0.3) is 0 Å². The smallest absolute Gasteiger partial charge is 0.321 e. The molecule has 1 atom stereocenters. The Bertz CT molecular complexity index is 900. The summed E-state index contributed by atoms with van der Waals surface area (Å²) in [5.41, 5.74) is 1.63. The van der Waals surface area contributed by atoms with Gasteiger partial charge in [-0.2, -0.15) is 0 Å². The van der Waals surface area contributed by atoms with Gasteiger partial charge in [-0.05, 0) is 21.5 Å². The highest BCUT2D eigenvalue weighted by atomic mass is 79.9. The van der Waals surface area contributed by atoms with Crippen LogP contribution in [0.5, 0.6) is 5.88 Å². The van der Waals surface area contributed by atoms with Gasteiger partial charge in [0, 0.05) is 13.3 Å². The highest BCUT2D eigenvalue weighted by molar-refractivity contribution is 9.10. The number of hydrogen-bond acceptors (Lipinski definition) is 5. The Kier molecular flexibility index (Phi) is 5.69. The van der Waals surface area contributed by atoms with Crippen molar-refractivity contribution >= 4 is 38.7 Å². The molecule has 3 aromatic rings. The summed E-state index contributed by atoms with van der Waals surface area (Å²) in [6.07, 6.45) is 1.59. The number of benzene rings is 1. The normalized spacial score (nSPS) is 12.0. The third-order valence-electron chi connectivity index (χ3n) is 3.79. The minimum absolute atomic E-state index is 0.282. The van der Waals surface area contributed by atoms with E-state index >= 15 is 0 Å². The molecule has 0 spiro atoms. The molecule has 1 unspecified atom stereocenters. The van der Waals surface area contributed by atoms with Crippen LogP contribution < -0.4 is 15.4 Å². The molecule has 0 bridgehead atoms. The summed E-state index contributed by atoms with van der Waals surface area (Å²) in [7, 11) is 3.12. The number of ether oxygens (including phenoxy) is 2. The number of hydrogen-bond donors (Lipinski definition) is 3. The molecule has 2 heterocycles. The number of halogens is 1. The molecular weight excluding hydrogens is 402 g/mol. The third kappa shape index (κ3) is 3.78. The van der Waals surface area contributed by atoms with E-state index in [2.05, 4.69) is 41.7 Å². The number of aromatic nitrogens is 3. The Morgan fingerprint density at radius 2 is 2.08 bits per heavy atom. The fourth-order valence-electron chi connectivity index (χ4n) is 2.54. The summed E-state index contributed by atoms with van der Waals surface area (Å²) < 4.78 is 11.0. The molecule has 0 aliphatic heterocycles. The SMILES string of the molecule is COCC(NC(=O)Nc1ncc2c(OC)n[nH]c2c1Br)c1ccccc1. The molecular formula is C17H18BrN5O3. The molecule has 0 saturated heterocycles. The predicted octanol–water partition coefficient (Wildman–Crippen LogP) is 3.24. The van der Waals surface area contributed by atoms with Crippen LogP contribution in [0.15, 0.2) is 41.0 Å². The maximum absolute atomic E-state index is 12.4. The van der Waals surface area contributed by atoms with Crippen molar-refractivity contribution in [3.63, 3.8) is 0 Å². The second kappa shape index (κ2) is 8.15. The number of urea groups is 1. The molecule has 3 N–H and O–H groups in total. The van der Waals surface area contributed by atoms with E-state index < -0.39 is 6.03 Å². The third-order valence-corrected chi connectivity index (χ3v) is 4.56. The summed E-state index contributed by atoms with van der Waals surface area (Å²) in [6, 6.07) is 8.93. The lowest BCUT2D eigenvalue weighted by Crippen LogP contribution is -2.35. The average Bonchev–Trinajstić information content (AvgIpc) is 3.08. The molecule has 136 valence electrons. The molecule has 0 radical (unpaired) electrons. The zero-order valence-electron chi connectivity index (χ0n) is 14.2. The van der Waals surface area contributed by atoms with Crippen molar-refractivity contribution < 1.29 is 14.3 Å². The van der Waals surface area contributed by atoms with Gasteiger partial charge in [-0.1, -0.05) is 30.3 Å². The number of carbonyl (C=O) groups excluding carboxylic acids is 1. The summed E-state index contributed by atoms with van der Waals surface area (Å²) in [5.74, 6) is 0.805. The minimum atomic E-state index is -0.394. The monoisotopic (exact) mass is 419 g/mol. The van der Waals surface area contributed by atoms with Crippen LogP contribution in [0, 0.1) is 0 Å². The van der Waals surface area contributed by atoms with Crippen LogP contribution in [0.2, 0.25) is 0 Å². The highest BCUT2D eigenvalue weighted by Gasteiger charge is 2.18. The lowest BCUT2D eigenvalue weighted by Gasteiger charge is -2.19. The van der Waals surface area contributed by atoms with E-state index in [4.69, 9.17) is 9.47 Å². The Hall–Kier alpha value is -2.65. The van der Waals surface area contributed by atoms with Crippen LogP contribution in [0.3, 0.4) is 0 Å². The van der Waals surface area contributed by atoms with Gasteiger partial charge >= 0.3 is 6.03 Å². The van der Waals surface area contributed by atoms with Gasteiger partial charge in [0.1, 0.15) is 0 Å². The van der Waals surface area contributed by atoms with Gasteiger partial charge in [-0.3, -0.25) is 10.4 Å². The van der Waals surface area contributed by atoms with E-state index in [1.54, 1.807) is 13.3 Å². The topological polar surface area (TPSA) is 101 Å². The summed E-state index contributed by atoms with van der Waals surface area (Å²) in [5, 5.41) is 13.2. The van der Waals surface area contributed by atoms with E-state index in [1.807, 2.05) is 30.3 Å². The van der Waals surface area contributed by atoms with Crippen LogP contribution in [0.4, 0.5) is 10.6 Å². The molecule has 3 rings (SSSR count). The second-order valence-electron chi connectivity index (χ2n) is 5.46. The fourth-order valence-corrected chi connectivity index (χ4v) is 3.05. The molecule has 0 aliphatic carbocycles. The molecule has 8 nitrogen and oxygen atoms in total. The number of nitrogens with one attached hydrogen (secondary N) is 3. The first-order valence-corrected chi connectivity index (χ1v) is 8.61. The number of aromatic amines is 1. The standard InChI is InChI=1S/C17H18BrN5O3/c1-25-9-12(10-6-4-3-5-7-10)20-17(24)21-15-13(18)14-11(8-19-15)16(26-2)23-22-14/h3-8,12H,9H2,1-2H3,(H,22,23)(H2,19,20,21,24). The van der Waals surface area contributed by atoms with Crippen molar-refractivity contribution in [2.75, 3.05) is 26.1 Å². The van der Waals surface area contributed by atoms with E-state index in [1.165, 1.54) is 7.11 Å². The maximum atomic E-state index is 12.4. The van der Waals surface area contributed by atoms with Gasteiger partial charge in [-0.25, -0.2) is 9.78 Å². The summed E-state index contributed by atoms with van der Waals surface area (Å²) in [6.45, 7) is 0.350. The Morgan fingerprint density at radius 1 is 1.31 bits per heavy atom. The van der Waals surface area contributed by atoms with E-state index in [0.29, 0.717) is 33.7 Å². The van der Waals surface area contributed by atoms with Crippen molar-refractivity contribution in [1.29, 1.82) is 0 Å². The van der Waals surface area contributed by atoms with E-state index in [-0.39, 0.29) is 6.04 Å². The van der Waals surface area contributed by atoms with Gasteiger partial charge in [-0.15, -0.1) is 5.10 Å². The predicted molar refractivity (Wildman–Crippen MR) is 101 cm³/mol. The number of H-pyrrole nitrogens is 1. The molecule has 1 aromatic carbocycles. The van der Waals surface area contributed by atoms with Crippen molar-refractivity contribution in [2.24, 2.45) is 0 Å². The first kappa shape index (κ1) is 18.2. The number of pyridine rings is 1. The lowest BCUT2D eigenvalue weighted by molar-refractivity contribution is 0.168. The number of anilines is 1. The maximum Gasteiger partial charge on any atom is 0.321 e. The molecule has 0 fully saturated rings.